The standard InChI is InChI=1S/C11H22O2/c1-10(9-12)3-2-4-11-5-7-13-8-6-11/h10-12H,2-9H2,1H3. The second-order valence-corrected chi connectivity index (χ2v) is 4.27. The zero-order valence-corrected chi connectivity index (χ0v) is 8.67. The minimum atomic E-state index is 0.341. The fourth-order valence-corrected chi connectivity index (χ4v) is 1.88. The van der Waals surface area contributed by atoms with Gasteiger partial charge in [0.05, 0.1) is 0 Å². The molecule has 0 aromatic rings. The molecule has 2 nitrogen and oxygen atoms in total. The van der Waals surface area contributed by atoms with Gasteiger partial charge in [-0.25, -0.2) is 0 Å². The lowest BCUT2D eigenvalue weighted by Gasteiger charge is -2.22. The van der Waals surface area contributed by atoms with Gasteiger partial charge in [-0.15, -0.1) is 0 Å². The van der Waals surface area contributed by atoms with Crippen LogP contribution in [0.25, 0.3) is 0 Å². The van der Waals surface area contributed by atoms with Crippen LogP contribution < -0.4 is 0 Å². The Bertz CT molecular complexity index is 119. The van der Waals surface area contributed by atoms with Crippen molar-refractivity contribution in [3.8, 4) is 0 Å². The largest absolute Gasteiger partial charge is 0.396 e. The van der Waals surface area contributed by atoms with Crippen molar-refractivity contribution in [2.45, 2.75) is 39.0 Å². The van der Waals surface area contributed by atoms with E-state index in [9.17, 15) is 0 Å². The van der Waals surface area contributed by atoms with Crippen molar-refractivity contribution >= 4 is 0 Å². The summed E-state index contributed by atoms with van der Waals surface area (Å²) < 4.78 is 5.31. The normalized spacial score (nSPS) is 21.7. The molecule has 1 atom stereocenters. The highest BCUT2D eigenvalue weighted by Crippen LogP contribution is 2.21. The van der Waals surface area contributed by atoms with Crippen LogP contribution in [0.3, 0.4) is 0 Å². The summed E-state index contributed by atoms with van der Waals surface area (Å²) >= 11 is 0. The fourth-order valence-electron chi connectivity index (χ4n) is 1.88. The topological polar surface area (TPSA) is 29.5 Å². The van der Waals surface area contributed by atoms with E-state index in [1.165, 1.54) is 32.1 Å². The van der Waals surface area contributed by atoms with Crippen molar-refractivity contribution in [3.05, 3.63) is 0 Å². The minimum Gasteiger partial charge on any atom is -0.396 e. The number of aliphatic hydroxyl groups is 1. The molecule has 0 spiro atoms. The van der Waals surface area contributed by atoms with Crippen molar-refractivity contribution < 1.29 is 9.84 Å². The lowest BCUT2D eigenvalue weighted by molar-refractivity contribution is 0.0625. The van der Waals surface area contributed by atoms with E-state index in [1.807, 2.05) is 0 Å². The zero-order valence-electron chi connectivity index (χ0n) is 8.67. The second-order valence-electron chi connectivity index (χ2n) is 4.27. The highest BCUT2D eigenvalue weighted by Gasteiger charge is 2.13. The number of hydrogen-bond donors (Lipinski definition) is 1. The molecule has 0 aromatic heterocycles. The van der Waals surface area contributed by atoms with Gasteiger partial charge in [0.2, 0.25) is 0 Å². The highest BCUT2D eigenvalue weighted by molar-refractivity contribution is 4.64. The van der Waals surface area contributed by atoms with Crippen molar-refractivity contribution in [2.75, 3.05) is 19.8 Å². The summed E-state index contributed by atoms with van der Waals surface area (Å²) in [6.07, 6.45) is 6.26. The molecule has 1 aliphatic heterocycles. The van der Waals surface area contributed by atoms with E-state index in [2.05, 4.69) is 6.92 Å². The Hall–Kier alpha value is -0.0800. The molecule has 2 heteroatoms. The van der Waals surface area contributed by atoms with E-state index < -0.39 is 0 Å². The Labute approximate surface area is 81.3 Å². The molecule has 0 saturated carbocycles. The molecule has 13 heavy (non-hydrogen) atoms. The third-order valence-electron chi connectivity index (χ3n) is 2.96. The van der Waals surface area contributed by atoms with Crippen LogP contribution in [0.1, 0.15) is 39.0 Å². The molecular weight excluding hydrogens is 164 g/mol. The first-order valence-corrected chi connectivity index (χ1v) is 5.51. The van der Waals surface area contributed by atoms with E-state index in [4.69, 9.17) is 9.84 Å². The Balaban J connectivity index is 1.98. The molecule has 1 rings (SSSR count). The summed E-state index contributed by atoms with van der Waals surface area (Å²) in [7, 11) is 0. The third kappa shape index (κ3) is 4.63. The Morgan fingerprint density at radius 1 is 1.38 bits per heavy atom. The first kappa shape index (κ1) is 11.0. The maximum absolute atomic E-state index is 8.85. The monoisotopic (exact) mass is 186 g/mol. The van der Waals surface area contributed by atoms with Gasteiger partial charge >= 0.3 is 0 Å². The average molecular weight is 186 g/mol. The van der Waals surface area contributed by atoms with Crippen LogP contribution in [-0.2, 0) is 4.74 Å². The molecule has 0 amide bonds. The lowest BCUT2D eigenvalue weighted by atomic mass is 9.92. The van der Waals surface area contributed by atoms with Crippen molar-refractivity contribution in [3.63, 3.8) is 0 Å². The zero-order chi connectivity index (χ0) is 9.52. The second kappa shape index (κ2) is 6.39. The maximum atomic E-state index is 8.85. The Morgan fingerprint density at radius 2 is 2.08 bits per heavy atom. The van der Waals surface area contributed by atoms with E-state index in [0.29, 0.717) is 12.5 Å². The SMILES string of the molecule is CC(CO)CCCC1CCOCC1. The molecule has 0 bridgehead atoms. The van der Waals surface area contributed by atoms with Crippen molar-refractivity contribution in [1.29, 1.82) is 0 Å². The first-order valence-electron chi connectivity index (χ1n) is 5.51. The predicted octanol–water partition coefficient (Wildman–Crippen LogP) is 2.21. The van der Waals surface area contributed by atoms with Crippen LogP contribution >= 0.6 is 0 Å². The first-order chi connectivity index (χ1) is 6.33. The molecular formula is C11H22O2. The van der Waals surface area contributed by atoms with E-state index in [0.717, 1.165) is 19.1 Å². The van der Waals surface area contributed by atoms with Gasteiger partial charge in [-0.2, -0.15) is 0 Å². The van der Waals surface area contributed by atoms with Crippen molar-refractivity contribution in [1.82, 2.24) is 0 Å². The lowest BCUT2D eigenvalue weighted by Crippen LogP contribution is -2.15. The summed E-state index contributed by atoms with van der Waals surface area (Å²) in [5, 5.41) is 8.85. The van der Waals surface area contributed by atoms with Crippen LogP contribution in [0.4, 0.5) is 0 Å². The van der Waals surface area contributed by atoms with Gasteiger partial charge in [0.25, 0.3) is 0 Å². The van der Waals surface area contributed by atoms with E-state index in [1.54, 1.807) is 0 Å². The quantitative estimate of drug-likeness (QED) is 0.713. The summed E-state index contributed by atoms with van der Waals surface area (Å²) in [5.41, 5.74) is 0. The number of rotatable bonds is 5. The molecule has 1 aliphatic rings. The Kier molecular flexibility index (Phi) is 5.40. The molecule has 0 radical (unpaired) electrons. The summed E-state index contributed by atoms with van der Waals surface area (Å²) in [6.45, 7) is 4.37. The Morgan fingerprint density at radius 3 is 2.69 bits per heavy atom. The van der Waals surface area contributed by atoms with E-state index in [-0.39, 0.29) is 0 Å². The average Bonchev–Trinajstić information content (AvgIpc) is 2.19. The molecule has 1 saturated heterocycles. The molecule has 1 heterocycles. The summed E-state index contributed by atoms with van der Waals surface area (Å²) in [6, 6.07) is 0. The summed E-state index contributed by atoms with van der Waals surface area (Å²) in [5.74, 6) is 1.37. The van der Waals surface area contributed by atoms with Gasteiger partial charge < -0.3 is 9.84 Å². The molecule has 1 unspecified atom stereocenters. The van der Waals surface area contributed by atoms with Crippen molar-refractivity contribution in [2.24, 2.45) is 11.8 Å². The van der Waals surface area contributed by atoms with Crippen LogP contribution in [0.5, 0.6) is 0 Å². The highest BCUT2D eigenvalue weighted by atomic mass is 16.5. The van der Waals surface area contributed by atoms with Gasteiger partial charge in [-0.3, -0.25) is 0 Å². The fraction of sp³-hybridized carbons (Fsp3) is 1.00. The van der Waals surface area contributed by atoms with E-state index >= 15 is 0 Å². The van der Waals surface area contributed by atoms with Crippen LogP contribution in [0, 0.1) is 11.8 Å². The van der Waals surface area contributed by atoms with Gasteiger partial charge in [0, 0.05) is 19.8 Å². The molecule has 0 aliphatic carbocycles. The van der Waals surface area contributed by atoms with Gasteiger partial charge in [0.15, 0.2) is 0 Å². The van der Waals surface area contributed by atoms with Gasteiger partial charge in [0.1, 0.15) is 0 Å². The van der Waals surface area contributed by atoms with Gasteiger partial charge in [-0.05, 0) is 31.1 Å². The number of ether oxygens (including phenoxy) is 1. The number of hydrogen-bond acceptors (Lipinski definition) is 2. The molecule has 1 fully saturated rings. The minimum absolute atomic E-state index is 0.341. The van der Waals surface area contributed by atoms with Gasteiger partial charge in [-0.1, -0.05) is 19.8 Å². The maximum Gasteiger partial charge on any atom is 0.0468 e. The third-order valence-corrected chi connectivity index (χ3v) is 2.96. The molecule has 0 aromatic carbocycles. The van der Waals surface area contributed by atoms with Crippen LogP contribution in [0.2, 0.25) is 0 Å². The summed E-state index contributed by atoms with van der Waals surface area (Å²) in [4.78, 5) is 0. The number of aliphatic hydroxyl groups excluding tert-OH is 1. The predicted molar refractivity (Wildman–Crippen MR) is 53.6 cm³/mol. The smallest absolute Gasteiger partial charge is 0.0468 e. The molecule has 1 N–H and O–H groups in total. The van der Waals surface area contributed by atoms with Crippen LogP contribution in [0.15, 0.2) is 0 Å². The van der Waals surface area contributed by atoms with Crippen LogP contribution in [-0.4, -0.2) is 24.9 Å². The molecule has 78 valence electrons.